The Kier molecular flexibility index (Phi) is 4.57. The molecule has 19 heavy (non-hydrogen) atoms. The number of nitrogens with zero attached hydrogens (tertiary/aromatic N) is 1. The summed E-state index contributed by atoms with van der Waals surface area (Å²) in [7, 11) is 0. The van der Waals surface area contributed by atoms with E-state index in [1.165, 1.54) is 22.1 Å². The molecule has 1 fully saturated rings. The fourth-order valence-corrected chi connectivity index (χ4v) is 3.18. The predicted molar refractivity (Wildman–Crippen MR) is 84.7 cm³/mol. The second-order valence-corrected chi connectivity index (χ2v) is 7.18. The Balaban J connectivity index is 2.16. The third-order valence-electron chi connectivity index (χ3n) is 4.56. The van der Waals surface area contributed by atoms with E-state index in [0.29, 0.717) is 17.9 Å². The first kappa shape index (κ1) is 14.9. The number of anilines is 1. The average Bonchev–Trinajstić information content (AvgIpc) is 2.35. The van der Waals surface area contributed by atoms with Crippen LogP contribution in [0.3, 0.4) is 0 Å². The maximum Gasteiger partial charge on any atom is 0.0434 e. The molecule has 1 heterocycles. The first-order valence-corrected chi connectivity index (χ1v) is 7.85. The Labute approximate surface area is 124 Å². The lowest BCUT2D eigenvalue weighted by atomic mass is 9.72. The van der Waals surface area contributed by atoms with Crippen molar-refractivity contribution in [1.29, 1.82) is 0 Å². The normalized spacial score (nSPS) is 22.6. The zero-order chi connectivity index (χ0) is 14.0. The topological polar surface area (TPSA) is 23.5 Å². The van der Waals surface area contributed by atoms with Crippen molar-refractivity contribution in [1.82, 2.24) is 0 Å². The van der Waals surface area contributed by atoms with Gasteiger partial charge in [0.2, 0.25) is 0 Å². The van der Waals surface area contributed by atoms with E-state index in [9.17, 15) is 5.11 Å². The van der Waals surface area contributed by atoms with E-state index < -0.39 is 0 Å². The minimum atomic E-state index is 0.293. The summed E-state index contributed by atoms with van der Waals surface area (Å²) >= 11 is 3.56. The Morgan fingerprint density at radius 1 is 1.42 bits per heavy atom. The van der Waals surface area contributed by atoms with Crippen LogP contribution in [-0.4, -0.2) is 24.8 Å². The molecule has 1 atom stereocenters. The number of hydrogen-bond donors (Lipinski definition) is 1. The van der Waals surface area contributed by atoms with E-state index in [1.807, 2.05) is 0 Å². The van der Waals surface area contributed by atoms with Crippen molar-refractivity contribution < 1.29 is 5.11 Å². The largest absolute Gasteiger partial charge is 0.396 e. The van der Waals surface area contributed by atoms with Crippen LogP contribution in [0.2, 0.25) is 0 Å². The number of piperidine rings is 1. The number of rotatable bonds is 3. The molecule has 1 aliphatic rings. The van der Waals surface area contributed by atoms with E-state index in [1.54, 1.807) is 0 Å². The third-order valence-corrected chi connectivity index (χ3v) is 5.45. The van der Waals surface area contributed by atoms with E-state index in [4.69, 9.17) is 0 Å². The SMILES string of the molecule is Cc1cc(N2CCC(C)(C)C(CCO)C2)ccc1Br. The van der Waals surface area contributed by atoms with Crippen molar-refractivity contribution in [2.75, 3.05) is 24.6 Å². The summed E-state index contributed by atoms with van der Waals surface area (Å²) in [5, 5.41) is 9.26. The lowest BCUT2D eigenvalue weighted by Crippen LogP contribution is -2.45. The molecule has 0 radical (unpaired) electrons. The first-order valence-electron chi connectivity index (χ1n) is 7.06. The molecule has 0 spiro atoms. The number of aliphatic hydroxyl groups excluding tert-OH is 1. The molecule has 106 valence electrons. The van der Waals surface area contributed by atoms with E-state index in [-0.39, 0.29) is 0 Å². The minimum absolute atomic E-state index is 0.293. The highest BCUT2D eigenvalue weighted by Crippen LogP contribution is 2.39. The van der Waals surface area contributed by atoms with Gasteiger partial charge in [0.15, 0.2) is 0 Å². The van der Waals surface area contributed by atoms with Gasteiger partial charge in [-0.3, -0.25) is 0 Å². The summed E-state index contributed by atoms with van der Waals surface area (Å²) in [4.78, 5) is 2.46. The second-order valence-electron chi connectivity index (χ2n) is 6.33. The summed E-state index contributed by atoms with van der Waals surface area (Å²) in [6, 6.07) is 6.56. The van der Waals surface area contributed by atoms with Crippen LogP contribution in [0.4, 0.5) is 5.69 Å². The molecule has 0 saturated carbocycles. The molecule has 1 aliphatic heterocycles. The zero-order valence-corrected chi connectivity index (χ0v) is 13.7. The fraction of sp³-hybridized carbons (Fsp3) is 0.625. The number of halogens is 1. The first-order chi connectivity index (χ1) is 8.94. The zero-order valence-electron chi connectivity index (χ0n) is 12.1. The monoisotopic (exact) mass is 325 g/mol. The minimum Gasteiger partial charge on any atom is -0.396 e. The van der Waals surface area contributed by atoms with Crippen LogP contribution in [0.25, 0.3) is 0 Å². The summed E-state index contributed by atoms with van der Waals surface area (Å²) in [5.74, 6) is 0.565. The molecule has 0 bridgehead atoms. The van der Waals surface area contributed by atoms with Gasteiger partial charge in [-0.25, -0.2) is 0 Å². The van der Waals surface area contributed by atoms with Crippen molar-refractivity contribution in [2.24, 2.45) is 11.3 Å². The standard InChI is InChI=1S/C16H24BrNO/c1-12-10-14(4-5-15(12)17)18-8-7-16(2,3)13(11-18)6-9-19/h4-5,10,13,19H,6-9,11H2,1-3H3. The van der Waals surface area contributed by atoms with Gasteiger partial charge in [-0.1, -0.05) is 29.8 Å². The molecule has 1 aromatic rings. The van der Waals surface area contributed by atoms with Crippen molar-refractivity contribution in [3.63, 3.8) is 0 Å². The van der Waals surface area contributed by atoms with Crippen LogP contribution in [0, 0.1) is 18.3 Å². The van der Waals surface area contributed by atoms with Crippen LogP contribution < -0.4 is 4.90 Å². The van der Waals surface area contributed by atoms with E-state index >= 15 is 0 Å². The van der Waals surface area contributed by atoms with Gasteiger partial charge in [-0.05, 0) is 54.9 Å². The molecule has 1 unspecified atom stereocenters. The number of aryl methyl sites for hydroxylation is 1. The summed E-state index contributed by atoms with van der Waals surface area (Å²) < 4.78 is 1.17. The predicted octanol–water partition coefficient (Wildman–Crippen LogP) is 3.99. The van der Waals surface area contributed by atoms with Gasteiger partial charge in [-0.15, -0.1) is 0 Å². The van der Waals surface area contributed by atoms with Crippen LogP contribution >= 0.6 is 15.9 Å². The van der Waals surface area contributed by atoms with Crippen molar-refractivity contribution in [3.05, 3.63) is 28.2 Å². The second kappa shape index (κ2) is 5.84. The lowest BCUT2D eigenvalue weighted by molar-refractivity contribution is 0.132. The highest BCUT2D eigenvalue weighted by Gasteiger charge is 2.35. The smallest absolute Gasteiger partial charge is 0.0434 e. The molecule has 1 saturated heterocycles. The van der Waals surface area contributed by atoms with Crippen LogP contribution in [0.1, 0.15) is 32.3 Å². The van der Waals surface area contributed by atoms with Gasteiger partial charge >= 0.3 is 0 Å². The molecule has 1 aromatic carbocycles. The molecule has 2 nitrogen and oxygen atoms in total. The highest BCUT2D eigenvalue weighted by molar-refractivity contribution is 9.10. The van der Waals surface area contributed by atoms with Crippen LogP contribution in [-0.2, 0) is 0 Å². The van der Waals surface area contributed by atoms with Crippen molar-refractivity contribution in [3.8, 4) is 0 Å². The molecule has 1 N–H and O–H groups in total. The molecule has 3 heteroatoms. The van der Waals surface area contributed by atoms with Gasteiger partial charge in [0.1, 0.15) is 0 Å². The fourth-order valence-electron chi connectivity index (χ4n) is 2.93. The number of aliphatic hydroxyl groups is 1. The van der Waals surface area contributed by atoms with Gasteiger partial charge in [0.25, 0.3) is 0 Å². The maximum atomic E-state index is 9.26. The van der Waals surface area contributed by atoms with E-state index in [0.717, 1.165) is 19.5 Å². The Bertz CT molecular complexity index is 444. The molecule has 2 rings (SSSR count). The summed E-state index contributed by atoms with van der Waals surface area (Å²) in [6.07, 6.45) is 2.09. The Hall–Kier alpha value is -0.540. The molecule has 0 aromatic heterocycles. The van der Waals surface area contributed by atoms with Crippen LogP contribution in [0.15, 0.2) is 22.7 Å². The molecule has 0 amide bonds. The van der Waals surface area contributed by atoms with Crippen LogP contribution in [0.5, 0.6) is 0 Å². The average molecular weight is 326 g/mol. The summed E-state index contributed by atoms with van der Waals surface area (Å²) in [6.45, 7) is 9.24. The maximum absolute atomic E-state index is 9.26. The van der Waals surface area contributed by atoms with Gasteiger partial charge in [0.05, 0.1) is 0 Å². The quantitative estimate of drug-likeness (QED) is 0.908. The Morgan fingerprint density at radius 2 is 2.16 bits per heavy atom. The summed E-state index contributed by atoms with van der Waals surface area (Å²) in [5.41, 5.74) is 2.92. The Morgan fingerprint density at radius 3 is 2.79 bits per heavy atom. The molecular formula is C16H24BrNO. The third kappa shape index (κ3) is 3.32. The highest BCUT2D eigenvalue weighted by atomic mass is 79.9. The van der Waals surface area contributed by atoms with Crippen molar-refractivity contribution in [2.45, 2.75) is 33.6 Å². The van der Waals surface area contributed by atoms with Gasteiger partial charge in [0, 0.05) is 29.9 Å². The lowest BCUT2D eigenvalue weighted by Gasteiger charge is -2.45. The van der Waals surface area contributed by atoms with E-state index in [2.05, 4.69) is 59.8 Å². The molecule has 0 aliphatic carbocycles. The van der Waals surface area contributed by atoms with Gasteiger partial charge in [-0.2, -0.15) is 0 Å². The van der Waals surface area contributed by atoms with Gasteiger partial charge < -0.3 is 10.0 Å². The van der Waals surface area contributed by atoms with Crippen molar-refractivity contribution >= 4 is 21.6 Å². The number of benzene rings is 1. The number of hydrogen-bond acceptors (Lipinski definition) is 2. The molecular weight excluding hydrogens is 302 g/mol.